The Bertz CT molecular complexity index is 1600. The molecule has 0 spiro atoms. The summed E-state index contributed by atoms with van der Waals surface area (Å²) in [4.78, 5) is 12.8. The number of ketones is 1. The number of nitrogens with zero attached hydrogens (tertiary/aromatic N) is 1. The molecule has 0 fully saturated rings. The molecular formula is C26H20FNO6S. The lowest BCUT2D eigenvalue weighted by atomic mass is 10.1. The van der Waals surface area contributed by atoms with Crippen LogP contribution < -0.4 is 13.7 Å². The van der Waals surface area contributed by atoms with Crippen LogP contribution in [0, 0.1) is 5.82 Å². The largest absolute Gasteiger partial charge is 0.497 e. The van der Waals surface area contributed by atoms with Crippen molar-refractivity contribution in [3.63, 3.8) is 0 Å². The lowest BCUT2D eigenvalue weighted by Gasteiger charge is -2.07. The van der Waals surface area contributed by atoms with Gasteiger partial charge in [-0.2, -0.15) is 8.42 Å². The number of aromatic nitrogens is 1. The highest BCUT2D eigenvalue weighted by atomic mass is 32.2. The molecule has 4 aromatic rings. The second-order valence-corrected chi connectivity index (χ2v) is 9.39. The molecule has 0 bridgehead atoms. The Morgan fingerprint density at radius 1 is 1.03 bits per heavy atom. The molecule has 1 aliphatic rings. The highest BCUT2D eigenvalue weighted by molar-refractivity contribution is 7.87. The van der Waals surface area contributed by atoms with Crippen LogP contribution in [0.2, 0.25) is 0 Å². The van der Waals surface area contributed by atoms with Gasteiger partial charge in [-0.3, -0.25) is 4.79 Å². The molecule has 0 saturated heterocycles. The Hall–Kier alpha value is -4.11. The van der Waals surface area contributed by atoms with Crippen LogP contribution in [0.3, 0.4) is 0 Å². The highest BCUT2D eigenvalue weighted by Crippen LogP contribution is 2.37. The average molecular weight is 494 g/mol. The van der Waals surface area contributed by atoms with Gasteiger partial charge in [-0.05, 0) is 67.6 Å². The number of ether oxygens (including phenoxy) is 2. The van der Waals surface area contributed by atoms with E-state index in [1.807, 2.05) is 31.3 Å². The summed E-state index contributed by atoms with van der Waals surface area (Å²) in [5.74, 6) is 0.0642. The van der Waals surface area contributed by atoms with E-state index >= 15 is 0 Å². The van der Waals surface area contributed by atoms with Crippen LogP contribution in [-0.4, -0.2) is 25.9 Å². The van der Waals surface area contributed by atoms with E-state index in [-0.39, 0.29) is 27.9 Å². The van der Waals surface area contributed by atoms with Gasteiger partial charge in [0.1, 0.15) is 28.0 Å². The van der Waals surface area contributed by atoms with Crippen LogP contribution in [0.1, 0.15) is 22.8 Å². The number of benzene rings is 3. The van der Waals surface area contributed by atoms with Gasteiger partial charge in [-0.15, -0.1) is 0 Å². The number of hydrogen-bond acceptors (Lipinski definition) is 6. The fourth-order valence-electron chi connectivity index (χ4n) is 3.94. The van der Waals surface area contributed by atoms with Gasteiger partial charge in [-0.25, -0.2) is 4.39 Å². The van der Waals surface area contributed by atoms with Gasteiger partial charge in [0.15, 0.2) is 5.76 Å². The van der Waals surface area contributed by atoms with Crippen molar-refractivity contribution in [2.24, 2.45) is 0 Å². The maximum Gasteiger partial charge on any atom is 0.339 e. The molecule has 9 heteroatoms. The zero-order chi connectivity index (χ0) is 24.7. The van der Waals surface area contributed by atoms with Crippen molar-refractivity contribution in [3.8, 4) is 17.2 Å². The normalized spacial score (nSPS) is 14.3. The van der Waals surface area contributed by atoms with Gasteiger partial charge in [0.2, 0.25) is 5.78 Å². The summed E-state index contributed by atoms with van der Waals surface area (Å²) >= 11 is 0. The van der Waals surface area contributed by atoms with E-state index < -0.39 is 15.9 Å². The molecule has 0 amide bonds. The third-order valence-corrected chi connectivity index (χ3v) is 6.96. The van der Waals surface area contributed by atoms with Gasteiger partial charge < -0.3 is 18.2 Å². The number of methoxy groups -OCH3 is 1. The molecular weight excluding hydrogens is 473 g/mol. The Morgan fingerprint density at radius 2 is 1.77 bits per heavy atom. The Morgan fingerprint density at radius 3 is 2.49 bits per heavy atom. The van der Waals surface area contributed by atoms with Crippen molar-refractivity contribution in [2.75, 3.05) is 7.11 Å². The monoisotopic (exact) mass is 493 g/mol. The van der Waals surface area contributed by atoms with Crippen LogP contribution in [0.15, 0.2) is 77.5 Å². The number of Topliss-reactive ketones (excluding diaryl/α,β-unsaturated/α-hetero) is 1. The fourth-order valence-corrected chi connectivity index (χ4v) is 4.87. The molecule has 3 aromatic carbocycles. The number of aryl methyl sites for hydroxylation is 1. The van der Waals surface area contributed by atoms with Crippen molar-refractivity contribution in [2.45, 2.75) is 18.4 Å². The summed E-state index contributed by atoms with van der Waals surface area (Å²) in [6.45, 7) is 2.76. The third kappa shape index (κ3) is 4.15. The van der Waals surface area contributed by atoms with Crippen molar-refractivity contribution in [1.82, 2.24) is 4.57 Å². The number of carbonyl (C=O) groups excluding carboxylic acids is 1. The summed E-state index contributed by atoms with van der Waals surface area (Å²) in [5, 5.41) is 0.903. The standard InChI is InChI=1S/C26H20FNO6S/c1-3-28-15-16(22-13-18(32-2)7-11-23(22)28)12-25-26(29)21-10-6-19(14-24(21)33-25)34-35(30,31)20-8-4-17(27)5-9-20/h4-15H,3H2,1-2H3. The molecule has 0 saturated carbocycles. The number of halogens is 1. The molecule has 0 radical (unpaired) electrons. The Balaban J connectivity index is 1.46. The van der Waals surface area contributed by atoms with Crippen molar-refractivity contribution in [1.29, 1.82) is 0 Å². The minimum Gasteiger partial charge on any atom is -0.497 e. The first-order valence-electron chi connectivity index (χ1n) is 10.7. The van der Waals surface area contributed by atoms with E-state index in [1.165, 1.54) is 18.2 Å². The first-order chi connectivity index (χ1) is 16.8. The summed E-state index contributed by atoms with van der Waals surface area (Å²) in [6, 6.07) is 14.2. The molecule has 5 rings (SSSR count). The number of fused-ring (bicyclic) bond motifs is 2. The molecule has 0 aliphatic carbocycles. The van der Waals surface area contributed by atoms with E-state index in [0.717, 1.165) is 47.3 Å². The van der Waals surface area contributed by atoms with Crippen LogP contribution >= 0.6 is 0 Å². The summed E-state index contributed by atoms with van der Waals surface area (Å²) in [5.41, 5.74) is 2.07. The summed E-state index contributed by atoms with van der Waals surface area (Å²) in [6.07, 6.45) is 3.59. The predicted molar refractivity (Wildman–Crippen MR) is 128 cm³/mol. The fraction of sp³-hybridized carbons (Fsp3) is 0.115. The number of allylic oxidation sites excluding steroid dienone is 1. The zero-order valence-corrected chi connectivity index (χ0v) is 19.6. The summed E-state index contributed by atoms with van der Waals surface area (Å²) < 4.78 is 56.5. The second kappa shape index (κ2) is 8.59. The van der Waals surface area contributed by atoms with Crippen LogP contribution in [-0.2, 0) is 16.7 Å². The predicted octanol–water partition coefficient (Wildman–Crippen LogP) is 5.19. The quantitative estimate of drug-likeness (QED) is 0.271. The van der Waals surface area contributed by atoms with Gasteiger partial charge in [-0.1, -0.05) is 0 Å². The molecule has 0 unspecified atom stereocenters. The maximum atomic E-state index is 13.1. The van der Waals surface area contributed by atoms with E-state index in [0.29, 0.717) is 11.3 Å². The van der Waals surface area contributed by atoms with Gasteiger partial charge in [0.25, 0.3) is 0 Å². The van der Waals surface area contributed by atoms with Crippen molar-refractivity contribution in [3.05, 3.63) is 89.6 Å². The van der Waals surface area contributed by atoms with Gasteiger partial charge in [0.05, 0.1) is 12.7 Å². The first-order valence-corrected chi connectivity index (χ1v) is 12.1. The number of carbonyl (C=O) groups is 1. The topological polar surface area (TPSA) is 83.8 Å². The molecule has 1 aliphatic heterocycles. The van der Waals surface area contributed by atoms with E-state index in [9.17, 15) is 17.6 Å². The lowest BCUT2D eigenvalue weighted by Crippen LogP contribution is -2.09. The molecule has 2 heterocycles. The zero-order valence-electron chi connectivity index (χ0n) is 18.8. The molecule has 0 atom stereocenters. The Labute approximate surface area is 201 Å². The minimum atomic E-state index is -4.19. The first kappa shape index (κ1) is 22.7. The van der Waals surface area contributed by atoms with Crippen LogP contribution in [0.25, 0.3) is 17.0 Å². The van der Waals surface area contributed by atoms with E-state index in [2.05, 4.69) is 4.57 Å². The molecule has 1 aromatic heterocycles. The van der Waals surface area contributed by atoms with E-state index in [1.54, 1.807) is 13.2 Å². The van der Waals surface area contributed by atoms with Crippen LogP contribution in [0.4, 0.5) is 4.39 Å². The summed E-state index contributed by atoms with van der Waals surface area (Å²) in [7, 11) is -2.60. The number of rotatable bonds is 6. The number of hydrogen-bond donors (Lipinski definition) is 0. The highest BCUT2D eigenvalue weighted by Gasteiger charge is 2.29. The van der Waals surface area contributed by atoms with Crippen molar-refractivity contribution >= 4 is 32.9 Å². The minimum absolute atomic E-state index is 0.0329. The van der Waals surface area contributed by atoms with E-state index in [4.69, 9.17) is 13.7 Å². The molecule has 0 N–H and O–H groups in total. The molecule has 178 valence electrons. The lowest BCUT2D eigenvalue weighted by molar-refractivity contribution is 0.101. The Kier molecular flexibility index (Phi) is 5.56. The van der Waals surface area contributed by atoms with Crippen LogP contribution in [0.5, 0.6) is 17.2 Å². The van der Waals surface area contributed by atoms with Crippen molar-refractivity contribution < 1.29 is 31.3 Å². The average Bonchev–Trinajstić information content (AvgIpc) is 3.35. The maximum absolute atomic E-state index is 13.1. The molecule has 7 nitrogen and oxygen atoms in total. The third-order valence-electron chi connectivity index (χ3n) is 5.70. The smallest absolute Gasteiger partial charge is 0.339 e. The van der Waals surface area contributed by atoms with Gasteiger partial charge in [0, 0.05) is 35.3 Å². The van der Waals surface area contributed by atoms with Gasteiger partial charge >= 0.3 is 10.1 Å². The molecule has 35 heavy (non-hydrogen) atoms. The SMILES string of the molecule is CCn1cc(C=C2Oc3cc(OS(=O)(=O)c4ccc(F)cc4)ccc3C2=O)c2cc(OC)ccc21. The second-order valence-electron chi connectivity index (χ2n) is 7.84.